The number of rotatable bonds is 8. The predicted molar refractivity (Wildman–Crippen MR) is 126 cm³/mol. The lowest BCUT2D eigenvalue weighted by atomic mass is 9.85. The molecule has 11 heteroatoms. The fourth-order valence-corrected chi connectivity index (χ4v) is 5.57. The minimum absolute atomic E-state index is 0.0286. The summed E-state index contributed by atoms with van der Waals surface area (Å²) in [5.74, 6) is -0.204. The highest BCUT2D eigenvalue weighted by molar-refractivity contribution is 7.89. The number of hydrogen-bond donors (Lipinski definition) is 1. The number of carbonyl (C=O) groups excluding carboxylic acids is 1. The number of ether oxygens (including phenoxy) is 1. The first-order valence-electron chi connectivity index (χ1n) is 10.4. The number of nitrogens with zero attached hydrogens (tertiary/aromatic N) is 3. The van der Waals surface area contributed by atoms with Gasteiger partial charge in [-0.05, 0) is 43.5 Å². The topological polar surface area (TPSA) is 100 Å². The number of pyridine rings is 1. The molecule has 33 heavy (non-hydrogen) atoms. The van der Waals surface area contributed by atoms with Gasteiger partial charge in [0.2, 0.25) is 15.9 Å². The average Bonchev–Trinajstić information content (AvgIpc) is 2.79. The molecule has 0 atom stereocenters. The molecule has 0 unspecified atom stereocenters. The van der Waals surface area contributed by atoms with Crippen LogP contribution in [0.4, 0.5) is 0 Å². The number of aryl methyl sites for hydroxylation is 1. The second kappa shape index (κ2) is 10.7. The van der Waals surface area contributed by atoms with Crippen LogP contribution in [0.25, 0.3) is 0 Å². The Morgan fingerprint density at radius 2 is 1.97 bits per heavy atom. The van der Waals surface area contributed by atoms with Gasteiger partial charge < -0.3 is 14.7 Å². The minimum atomic E-state index is -3.83. The number of halogens is 2. The number of likely N-dealkylation sites (N-methyl/N-ethyl adjacent to an activating group) is 1. The van der Waals surface area contributed by atoms with E-state index in [0.29, 0.717) is 36.5 Å². The molecule has 0 bridgehead atoms. The highest BCUT2D eigenvalue weighted by Gasteiger charge is 2.35. The molecule has 1 aromatic heterocycles. The van der Waals surface area contributed by atoms with E-state index in [2.05, 4.69) is 4.98 Å². The van der Waals surface area contributed by atoms with Crippen molar-refractivity contribution in [1.29, 1.82) is 0 Å². The summed E-state index contributed by atoms with van der Waals surface area (Å²) in [4.78, 5) is 18.1. The third-order valence-electron chi connectivity index (χ3n) is 5.82. The van der Waals surface area contributed by atoms with Crippen molar-refractivity contribution in [2.24, 2.45) is 0 Å². The fourth-order valence-electron chi connectivity index (χ4n) is 3.61. The van der Waals surface area contributed by atoms with Crippen molar-refractivity contribution >= 4 is 39.1 Å². The van der Waals surface area contributed by atoms with Crippen molar-refractivity contribution < 1.29 is 23.1 Å². The van der Waals surface area contributed by atoms with Crippen molar-refractivity contribution in [3.63, 3.8) is 0 Å². The van der Waals surface area contributed by atoms with Gasteiger partial charge in [-0.3, -0.25) is 9.78 Å². The van der Waals surface area contributed by atoms with Crippen LogP contribution < -0.4 is 0 Å². The molecule has 3 rings (SSSR count). The number of piperidine rings is 1. The van der Waals surface area contributed by atoms with Crippen molar-refractivity contribution in [3.05, 3.63) is 57.8 Å². The van der Waals surface area contributed by atoms with Gasteiger partial charge in [0, 0.05) is 49.7 Å². The molecule has 0 radical (unpaired) electrons. The van der Waals surface area contributed by atoms with E-state index in [1.165, 1.54) is 19.2 Å². The number of aromatic nitrogens is 1. The Morgan fingerprint density at radius 1 is 1.27 bits per heavy atom. The second-order valence-electron chi connectivity index (χ2n) is 8.07. The number of benzene rings is 1. The summed E-state index contributed by atoms with van der Waals surface area (Å²) in [6, 6.07) is 6.45. The first-order valence-corrected chi connectivity index (χ1v) is 12.6. The van der Waals surface area contributed by atoms with Gasteiger partial charge in [-0.2, -0.15) is 4.31 Å². The van der Waals surface area contributed by atoms with Gasteiger partial charge in [0.05, 0.1) is 17.2 Å². The monoisotopic (exact) mass is 515 g/mol. The molecule has 1 amide bonds. The summed E-state index contributed by atoms with van der Waals surface area (Å²) in [5, 5.41) is 11.3. The molecule has 1 fully saturated rings. The van der Waals surface area contributed by atoms with Crippen LogP contribution in [-0.4, -0.2) is 73.5 Å². The Hall–Kier alpha value is -1.75. The summed E-state index contributed by atoms with van der Waals surface area (Å²) < 4.78 is 32.2. The largest absolute Gasteiger partial charge is 0.385 e. The van der Waals surface area contributed by atoms with E-state index in [4.69, 9.17) is 27.9 Å². The van der Waals surface area contributed by atoms with Crippen molar-refractivity contribution in [1.82, 2.24) is 14.2 Å². The normalized spacial score (nSPS) is 16.2. The molecular formula is C22H27Cl2N3O5S. The molecular weight excluding hydrogens is 489 g/mol. The molecule has 1 aromatic carbocycles. The third-order valence-corrected chi connectivity index (χ3v) is 8.55. The maximum Gasteiger partial charge on any atom is 0.248 e. The average molecular weight is 516 g/mol. The van der Waals surface area contributed by atoms with Gasteiger partial charge in [-0.1, -0.05) is 29.3 Å². The highest BCUT2D eigenvalue weighted by atomic mass is 35.5. The lowest BCUT2D eigenvalue weighted by Crippen LogP contribution is -2.46. The maximum atomic E-state index is 12.8. The second-order valence-corrected chi connectivity index (χ2v) is 10.9. The van der Waals surface area contributed by atoms with Crippen molar-refractivity contribution in [2.75, 3.05) is 39.9 Å². The van der Waals surface area contributed by atoms with E-state index in [1.54, 1.807) is 30.3 Å². The Balaban J connectivity index is 1.46. The van der Waals surface area contributed by atoms with E-state index in [9.17, 15) is 18.3 Å². The summed E-state index contributed by atoms with van der Waals surface area (Å²) in [5.41, 5.74) is 0.352. The smallest absolute Gasteiger partial charge is 0.248 e. The molecule has 1 N–H and O–H groups in total. The van der Waals surface area contributed by atoms with Crippen LogP contribution in [-0.2, 0) is 25.2 Å². The molecule has 0 saturated carbocycles. The molecule has 1 saturated heterocycles. The molecule has 0 spiro atoms. The molecule has 2 aromatic rings. The van der Waals surface area contributed by atoms with Crippen LogP contribution in [0.2, 0.25) is 10.0 Å². The Kier molecular flexibility index (Phi) is 8.36. The number of likely N-dealkylation sites (tertiary alicyclic amines) is 1. The van der Waals surface area contributed by atoms with Crippen LogP contribution >= 0.6 is 23.2 Å². The van der Waals surface area contributed by atoms with Gasteiger partial charge in [0.15, 0.2) is 0 Å². The Labute approximate surface area is 204 Å². The minimum Gasteiger partial charge on any atom is -0.385 e. The van der Waals surface area contributed by atoms with Crippen molar-refractivity contribution in [2.45, 2.75) is 30.3 Å². The van der Waals surface area contributed by atoms with E-state index in [1.807, 2.05) is 6.07 Å². The molecule has 0 aliphatic carbocycles. The van der Waals surface area contributed by atoms with Crippen LogP contribution in [0.5, 0.6) is 0 Å². The summed E-state index contributed by atoms with van der Waals surface area (Å²) in [6.07, 6.45) is 4.11. The molecule has 8 nitrogen and oxygen atoms in total. The zero-order valence-electron chi connectivity index (χ0n) is 18.5. The molecule has 2 heterocycles. The van der Waals surface area contributed by atoms with E-state index in [-0.39, 0.29) is 35.6 Å². The highest BCUT2D eigenvalue weighted by Crippen LogP contribution is 2.32. The van der Waals surface area contributed by atoms with Crippen LogP contribution in [0.15, 0.2) is 41.6 Å². The standard InChI is InChI=1S/C22H27Cl2N3O5S/c1-16-12-20(19(24)13-18(16)23)33(30,31)26(2)10-11-32-15-21(28)27-8-5-22(29,6-9-27)17-4-3-7-25-14-17/h3-4,7,12-14,29H,5-6,8-11,15H2,1-2H3. The van der Waals surface area contributed by atoms with Gasteiger partial charge in [0.1, 0.15) is 11.5 Å². The van der Waals surface area contributed by atoms with Gasteiger partial charge in [0.25, 0.3) is 0 Å². The van der Waals surface area contributed by atoms with Crippen LogP contribution in [0, 0.1) is 6.92 Å². The zero-order valence-corrected chi connectivity index (χ0v) is 20.8. The first-order chi connectivity index (χ1) is 15.5. The lowest BCUT2D eigenvalue weighted by molar-refractivity contribution is -0.140. The zero-order chi connectivity index (χ0) is 24.2. The van der Waals surface area contributed by atoms with Gasteiger partial charge in [-0.15, -0.1) is 0 Å². The number of carbonyl (C=O) groups is 1. The quantitative estimate of drug-likeness (QED) is 0.542. The predicted octanol–water partition coefficient (Wildman–Crippen LogP) is 2.84. The van der Waals surface area contributed by atoms with E-state index in [0.717, 1.165) is 9.87 Å². The van der Waals surface area contributed by atoms with Gasteiger partial charge >= 0.3 is 0 Å². The van der Waals surface area contributed by atoms with E-state index >= 15 is 0 Å². The molecule has 1 aliphatic heterocycles. The Bertz CT molecular complexity index is 1090. The first kappa shape index (κ1) is 25.9. The van der Waals surface area contributed by atoms with E-state index < -0.39 is 15.6 Å². The van der Waals surface area contributed by atoms with Crippen LogP contribution in [0.3, 0.4) is 0 Å². The Morgan fingerprint density at radius 3 is 2.61 bits per heavy atom. The van der Waals surface area contributed by atoms with Gasteiger partial charge in [-0.25, -0.2) is 8.42 Å². The number of sulfonamides is 1. The lowest BCUT2D eigenvalue weighted by Gasteiger charge is -2.38. The number of amides is 1. The summed E-state index contributed by atoms with van der Waals surface area (Å²) >= 11 is 12.1. The maximum absolute atomic E-state index is 12.8. The number of aliphatic hydroxyl groups is 1. The fraction of sp³-hybridized carbons (Fsp3) is 0.455. The third kappa shape index (κ3) is 6.03. The molecule has 180 valence electrons. The molecule has 1 aliphatic rings. The van der Waals surface area contributed by atoms with Crippen molar-refractivity contribution in [3.8, 4) is 0 Å². The van der Waals surface area contributed by atoms with Crippen LogP contribution in [0.1, 0.15) is 24.0 Å². The number of hydrogen-bond acceptors (Lipinski definition) is 6. The SMILES string of the molecule is Cc1cc(S(=O)(=O)N(C)CCOCC(=O)N2CCC(O)(c3cccnc3)CC2)c(Cl)cc1Cl. The summed E-state index contributed by atoms with van der Waals surface area (Å²) in [6.45, 7) is 2.42. The summed E-state index contributed by atoms with van der Waals surface area (Å²) in [7, 11) is -2.41.